The quantitative estimate of drug-likeness (QED) is 0.768. The number of ether oxygens (including phenoxy) is 2. The molecule has 0 bridgehead atoms. The molecule has 1 heterocycles. The van der Waals surface area contributed by atoms with Crippen LogP contribution in [0.15, 0.2) is 0 Å². The van der Waals surface area contributed by atoms with E-state index in [0.29, 0.717) is 18.7 Å². The van der Waals surface area contributed by atoms with E-state index in [2.05, 4.69) is 17.3 Å². The Labute approximate surface area is 122 Å². The second kappa shape index (κ2) is 6.87. The van der Waals surface area contributed by atoms with E-state index in [-0.39, 0.29) is 5.97 Å². The first-order valence-corrected chi connectivity index (χ1v) is 7.79. The first-order valence-electron chi connectivity index (χ1n) is 7.79. The SMILES string of the molecule is CCOC(=O)C1(NC)CCCC(N(C)C2CCOC2)C1. The minimum atomic E-state index is -0.507. The van der Waals surface area contributed by atoms with Crippen LogP contribution in [-0.4, -0.2) is 62.4 Å². The third-order valence-corrected chi connectivity index (χ3v) is 4.93. The predicted octanol–water partition coefficient (Wildman–Crippen LogP) is 1.17. The van der Waals surface area contributed by atoms with Crippen LogP contribution in [0.5, 0.6) is 0 Å². The van der Waals surface area contributed by atoms with Gasteiger partial charge < -0.3 is 14.8 Å². The van der Waals surface area contributed by atoms with Crippen molar-refractivity contribution >= 4 is 5.97 Å². The van der Waals surface area contributed by atoms with Crippen LogP contribution < -0.4 is 5.32 Å². The minimum Gasteiger partial charge on any atom is -0.465 e. The summed E-state index contributed by atoms with van der Waals surface area (Å²) in [7, 11) is 4.04. The number of likely N-dealkylation sites (N-methyl/N-ethyl adjacent to an activating group) is 2. The number of esters is 1. The predicted molar refractivity (Wildman–Crippen MR) is 77.7 cm³/mol. The third kappa shape index (κ3) is 3.15. The van der Waals surface area contributed by atoms with Gasteiger partial charge in [0.05, 0.1) is 13.2 Å². The van der Waals surface area contributed by atoms with E-state index >= 15 is 0 Å². The highest BCUT2D eigenvalue weighted by Crippen LogP contribution is 2.33. The normalized spacial score (nSPS) is 34.4. The molecule has 0 aromatic carbocycles. The average molecular weight is 284 g/mol. The lowest BCUT2D eigenvalue weighted by molar-refractivity contribution is -0.153. The van der Waals surface area contributed by atoms with Crippen molar-refractivity contribution in [2.24, 2.45) is 0 Å². The smallest absolute Gasteiger partial charge is 0.326 e. The fourth-order valence-corrected chi connectivity index (χ4v) is 3.52. The van der Waals surface area contributed by atoms with Crippen molar-refractivity contribution in [2.75, 3.05) is 33.9 Å². The number of nitrogens with one attached hydrogen (secondary N) is 1. The molecule has 20 heavy (non-hydrogen) atoms. The summed E-state index contributed by atoms with van der Waals surface area (Å²) in [5.74, 6) is -0.0942. The van der Waals surface area contributed by atoms with Gasteiger partial charge in [0.1, 0.15) is 5.54 Å². The fraction of sp³-hybridized carbons (Fsp3) is 0.933. The van der Waals surface area contributed by atoms with Gasteiger partial charge in [-0.05, 0) is 53.1 Å². The Bertz CT molecular complexity index is 331. The molecule has 3 atom stereocenters. The first kappa shape index (κ1) is 15.7. The second-order valence-corrected chi connectivity index (χ2v) is 5.99. The standard InChI is InChI=1S/C15H28N2O3/c1-4-20-14(18)15(16-2)8-5-6-12(10-15)17(3)13-7-9-19-11-13/h12-13,16H,4-11H2,1-3H3. The van der Waals surface area contributed by atoms with Crippen LogP contribution in [0.4, 0.5) is 0 Å². The van der Waals surface area contributed by atoms with Crippen LogP contribution in [0.2, 0.25) is 0 Å². The van der Waals surface area contributed by atoms with Crippen LogP contribution in [-0.2, 0) is 14.3 Å². The van der Waals surface area contributed by atoms with Crippen molar-refractivity contribution in [2.45, 2.75) is 56.7 Å². The summed E-state index contributed by atoms with van der Waals surface area (Å²) >= 11 is 0. The van der Waals surface area contributed by atoms with Crippen LogP contribution in [0.3, 0.4) is 0 Å². The molecule has 1 saturated carbocycles. The monoisotopic (exact) mass is 284 g/mol. The zero-order valence-electron chi connectivity index (χ0n) is 13.0. The summed E-state index contributed by atoms with van der Waals surface area (Å²) in [5.41, 5.74) is -0.507. The first-order chi connectivity index (χ1) is 9.63. The van der Waals surface area contributed by atoms with Gasteiger partial charge in [0, 0.05) is 18.7 Å². The van der Waals surface area contributed by atoms with E-state index in [1.165, 1.54) is 0 Å². The maximum atomic E-state index is 12.3. The lowest BCUT2D eigenvalue weighted by Crippen LogP contribution is -2.58. The molecule has 2 fully saturated rings. The molecule has 2 aliphatic rings. The van der Waals surface area contributed by atoms with Gasteiger partial charge in [0.15, 0.2) is 0 Å². The summed E-state index contributed by atoms with van der Waals surface area (Å²) < 4.78 is 10.8. The Morgan fingerprint density at radius 1 is 1.45 bits per heavy atom. The molecule has 0 spiro atoms. The summed E-state index contributed by atoms with van der Waals surface area (Å²) in [6, 6.07) is 0.919. The fourth-order valence-electron chi connectivity index (χ4n) is 3.52. The molecular weight excluding hydrogens is 256 g/mol. The molecule has 0 radical (unpaired) electrons. The van der Waals surface area contributed by atoms with E-state index in [1.54, 1.807) is 0 Å². The highest BCUT2D eigenvalue weighted by atomic mass is 16.5. The van der Waals surface area contributed by atoms with Crippen LogP contribution in [0.25, 0.3) is 0 Å². The average Bonchev–Trinajstić information content (AvgIpc) is 3.01. The molecule has 0 aromatic rings. The van der Waals surface area contributed by atoms with Gasteiger partial charge in [0.25, 0.3) is 0 Å². The molecule has 116 valence electrons. The third-order valence-electron chi connectivity index (χ3n) is 4.93. The maximum Gasteiger partial charge on any atom is 0.326 e. The van der Waals surface area contributed by atoms with Gasteiger partial charge in [-0.15, -0.1) is 0 Å². The van der Waals surface area contributed by atoms with Crippen molar-refractivity contribution in [3.8, 4) is 0 Å². The number of hydrogen-bond donors (Lipinski definition) is 1. The van der Waals surface area contributed by atoms with Gasteiger partial charge in [0.2, 0.25) is 0 Å². The zero-order chi connectivity index (χ0) is 14.6. The van der Waals surface area contributed by atoms with Crippen LogP contribution >= 0.6 is 0 Å². The Kier molecular flexibility index (Phi) is 5.41. The molecule has 1 saturated heterocycles. The van der Waals surface area contributed by atoms with Gasteiger partial charge in [-0.25, -0.2) is 0 Å². The van der Waals surface area contributed by atoms with Gasteiger partial charge in [-0.1, -0.05) is 0 Å². The molecule has 2 rings (SSSR count). The van der Waals surface area contributed by atoms with Gasteiger partial charge in [-0.2, -0.15) is 0 Å². The van der Waals surface area contributed by atoms with E-state index in [4.69, 9.17) is 9.47 Å². The van der Waals surface area contributed by atoms with Crippen LogP contribution in [0, 0.1) is 0 Å². The van der Waals surface area contributed by atoms with E-state index in [1.807, 2.05) is 14.0 Å². The summed E-state index contributed by atoms with van der Waals surface area (Å²) in [6.07, 6.45) is 5.00. The lowest BCUT2D eigenvalue weighted by atomic mass is 9.78. The van der Waals surface area contributed by atoms with Crippen molar-refractivity contribution in [1.82, 2.24) is 10.2 Å². The number of rotatable bonds is 5. The number of hydrogen-bond acceptors (Lipinski definition) is 5. The van der Waals surface area contributed by atoms with Crippen LogP contribution in [0.1, 0.15) is 39.0 Å². The highest BCUT2D eigenvalue weighted by molar-refractivity contribution is 5.81. The molecule has 5 heteroatoms. The Morgan fingerprint density at radius 3 is 2.85 bits per heavy atom. The lowest BCUT2D eigenvalue weighted by Gasteiger charge is -2.43. The molecule has 1 aliphatic heterocycles. The molecule has 1 aliphatic carbocycles. The van der Waals surface area contributed by atoms with E-state index in [9.17, 15) is 4.79 Å². The zero-order valence-corrected chi connectivity index (χ0v) is 13.0. The Hall–Kier alpha value is -0.650. The summed E-state index contributed by atoms with van der Waals surface area (Å²) in [6.45, 7) is 3.98. The molecule has 0 aromatic heterocycles. The minimum absolute atomic E-state index is 0.0942. The maximum absolute atomic E-state index is 12.3. The Balaban J connectivity index is 2.03. The van der Waals surface area contributed by atoms with Crippen molar-refractivity contribution < 1.29 is 14.3 Å². The number of nitrogens with zero attached hydrogens (tertiary/aromatic N) is 1. The van der Waals surface area contributed by atoms with Crippen molar-refractivity contribution in [3.63, 3.8) is 0 Å². The van der Waals surface area contributed by atoms with E-state index < -0.39 is 5.54 Å². The van der Waals surface area contributed by atoms with Crippen molar-refractivity contribution in [3.05, 3.63) is 0 Å². The van der Waals surface area contributed by atoms with Gasteiger partial charge in [-0.3, -0.25) is 9.69 Å². The van der Waals surface area contributed by atoms with E-state index in [0.717, 1.165) is 45.3 Å². The summed E-state index contributed by atoms with van der Waals surface area (Å²) in [4.78, 5) is 14.7. The highest BCUT2D eigenvalue weighted by Gasteiger charge is 2.44. The number of carbonyl (C=O) groups excluding carboxylic acids is 1. The topological polar surface area (TPSA) is 50.8 Å². The molecule has 5 nitrogen and oxygen atoms in total. The molecule has 0 amide bonds. The van der Waals surface area contributed by atoms with Crippen molar-refractivity contribution in [1.29, 1.82) is 0 Å². The largest absolute Gasteiger partial charge is 0.465 e. The Morgan fingerprint density at radius 2 is 2.25 bits per heavy atom. The summed E-state index contributed by atoms with van der Waals surface area (Å²) in [5, 5.41) is 3.24. The number of carbonyl (C=O) groups is 1. The molecule has 1 N–H and O–H groups in total. The molecule has 3 unspecified atom stereocenters. The molecular formula is C15H28N2O3. The van der Waals surface area contributed by atoms with Gasteiger partial charge >= 0.3 is 5.97 Å². The second-order valence-electron chi connectivity index (χ2n) is 5.99.